The first kappa shape index (κ1) is 14.8. The van der Waals surface area contributed by atoms with E-state index in [1.807, 2.05) is 12.1 Å². The van der Waals surface area contributed by atoms with Crippen LogP contribution in [0.1, 0.15) is 42.1 Å². The van der Waals surface area contributed by atoms with E-state index in [1.54, 1.807) is 0 Å². The zero-order valence-electron chi connectivity index (χ0n) is 12.3. The molecule has 0 aliphatic heterocycles. The van der Waals surface area contributed by atoms with Gasteiger partial charge in [-0.15, -0.1) is 0 Å². The van der Waals surface area contributed by atoms with Crippen molar-refractivity contribution >= 4 is 0 Å². The highest BCUT2D eigenvalue weighted by Crippen LogP contribution is 2.21. The lowest BCUT2D eigenvalue weighted by Gasteiger charge is -2.14. The maximum absolute atomic E-state index is 6.33. The molecule has 106 valence electrons. The number of rotatable bonds is 5. The molecule has 0 aliphatic rings. The molecule has 2 nitrogen and oxygen atoms in total. The maximum Gasteiger partial charge on any atom is 0.0551 e. The van der Waals surface area contributed by atoms with Gasteiger partial charge in [0.2, 0.25) is 0 Å². The number of hydrogen-bond donors (Lipinski definition) is 2. The summed E-state index contributed by atoms with van der Waals surface area (Å²) in [5.41, 5.74) is 16.7. The Labute approximate surface area is 121 Å². The van der Waals surface area contributed by atoms with Crippen molar-refractivity contribution in [3.8, 4) is 0 Å². The second-order valence-corrected chi connectivity index (χ2v) is 5.76. The second kappa shape index (κ2) is 6.69. The van der Waals surface area contributed by atoms with Crippen molar-refractivity contribution in [3.63, 3.8) is 0 Å². The highest BCUT2D eigenvalue weighted by Gasteiger charge is 2.09. The Hall–Kier alpha value is -1.64. The van der Waals surface area contributed by atoms with Crippen LogP contribution in [0.2, 0.25) is 0 Å². The van der Waals surface area contributed by atoms with Crippen molar-refractivity contribution in [1.82, 2.24) is 0 Å². The van der Waals surface area contributed by atoms with Gasteiger partial charge in [-0.1, -0.05) is 62.4 Å². The molecule has 2 aromatic rings. The minimum Gasteiger partial charge on any atom is -0.326 e. The van der Waals surface area contributed by atoms with Crippen LogP contribution in [0, 0.1) is 5.92 Å². The van der Waals surface area contributed by atoms with Crippen LogP contribution in [0.15, 0.2) is 48.5 Å². The molecule has 0 bridgehead atoms. The molecule has 4 N–H and O–H groups in total. The fourth-order valence-corrected chi connectivity index (χ4v) is 2.39. The molecule has 0 aliphatic carbocycles. The third kappa shape index (κ3) is 3.69. The SMILES string of the molecule is CC(C)Cc1ccc(C(N)c2ccc(CN)cc2)cc1. The normalized spacial score (nSPS) is 12.7. The minimum atomic E-state index is -0.0741. The Kier molecular flexibility index (Phi) is 4.94. The summed E-state index contributed by atoms with van der Waals surface area (Å²) in [5.74, 6) is 0.679. The monoisotopic (exact) mass is 268 g/mol. The zero-order chi connectivity index (χ0) is 14.5. The van der Waals surface area contributed by atoms with Crippen LogP contribution >= 0.6 is 0 Å². The highest BCUT2D eigenvalue weighted by molar-refractivity contribution is 5.34. The van der Waals surface area contributed by atoms with Gasteiger partial charge in [0.15, 0.2) is 0 Å². The van der Waals surface area contributed by atoms with Crippen LogP contribution in [-0.2, 0) is 13.0 Å². The van der Waals surface area contributed by atoms with E-state index in [0.29, 0.717) is 12.5 Å². The van der Waals surface area contributed by atoms with Crippen molar-refractivity contribution in [2.24, 2.45) is 17.4 Å². The molecule has 0 radical (unpaired) electrons. The summed E-state index contributed by atoms with van der Waals surface area (Å²) in [6, 6.07) is 16.8. The molecule has 2 aromatic carbocycles. The van der Waals surface area contributed by atoms with E-state index in [4.69, 9.17) is 11.5 Å². The summed E-state index contributed by atoms with van der Waals surface area (Å²) in [6.45, 7) is 5.04. The van der Waals surface area contributed by atoms with E-state index in [1.165, 1.54) is 5.56 Å². The van der Waals surface area contributed by atoms with Gasteiger partial charge in [-0.2, -0.15) is 0 Å². The average molecular weight is 268 g/mol. The van der Waals surface area contributed by atoms with Gasteiger partial charge in [-0.05, 0) is 34.6 Å². The van der Waals surface area contributed by atoms with Gasteiger partial charge in [-0.25, -0.2) is 0 Å². The van der Waals surface area contributed by atoms with Gasteiger partial charge in [-0.3, -0.25) is 0 Å². The first-order valence-corrected chi connectivity index (χ1v) is 7.23. The lowest BCUT2D eigenvalue weighted by Crippen LogP contribution is -2.12. The standard InChI is InChI=1S/C18H24N2/c1-13(2)11-14-3-7-16(8-4-14)18(20)17-9-5-15(12-19)6-10-17/h3-10,13,18H,11-12,19-20H2,1-2H3. The Morgan fingerprint density at radius 3 is 1.65 bits per heavy atom. The lowest BCUT2D eigenvalue weighted by atomic mass is 9.96. The van der Waals surface area contributed by atoms with Crippen molar-refractivity contribution in [2.45, 2.75) is 32.9 Å². The van der Waals surface area contributed by atoms with Crippen molar-refractivity contribution in [1.29, 1.82) is 0 Å². The van der Waals surface area contributed by atoms with Gasteiger partial charge < -0.3 is 11.5 Å². The lowest BCUT2D eigenvalue weighted by molar-refractivity contribution is 0.647. The van der Waals surface area contributed by atoms with E-state index < -0.39 is 0 Å². The summed E-state index contributed by atoms with van der Waals surface area (Å²) < 4.78 is 0. The highest BCUT2D eigenvalue weighted by atomic mass is 14.6. The molecular formula is C18H24N2. The Morgan fingerprint density at radius 2 is 1.25 bits per heavy atom. The molecule has 1 unspecified atom stereocenters. The molecule has 0 fully saturated rings. The van der Waals surface area contributed by atoms with E-state index >= 15 is 0 Å². The molecule has 0 amide bonds. The first-order chi connectivity index (χ1) is 9.60. The van der Waals surface area contributed by atoms with Crippen molar-refractivity contribution in [3.05, 3.63) is 70.8 Å². The zero-order valence-corrected chi connectivity index (χ0v) is 12.3. The fourth-order valence-electron chi connectivity index (χ4n) is 2.39. The summed E-state index contributed by atoms with van der Waals surface area (Å²) >= 11 is 0. The van der Waals surface area contributed by atoms with Crippen LogP contribution in [0.4, 0.5) is 0 Å². The Balaban J connectivity index is 2.13. The average Bonchev–Trinajstić information content (AvgIpc) is 2.47. The van der Waals surface area contributed by atoms with Crippen LogP contribution in [0.3, 0.4) is 0 Å². The van der Waals surface area contributed by atoms with Gasteiger partial charge in [0, 0.05) is 6.54 Å². The van der Waals surface area contributed by atoms with E-state index in [2.05, 4.69) is 50.2 Å². The summed E-state index contributed by atoms with van der Waals surface area (Å²) in [5, 5.41) is 0. The topological polar surface area (TPSA) is 52.0 Å². The molecule has 2 rings (SSSR count). The van der Waals surface area contributed by atoms with Crippen LogP contribution in [0.5, 0.6) is 0 Å². The molecular weight excluding hydrogens is 244 g/mol. The second-order valence-electron chi connectivity index (χ2n) is 5.76. The largest absolute Gasteiger partial charge is 0.326 e. The molecule has 20 heavy (non-hydrogen) atoms. The minimum absolute atomic E-state index is 0.0741. The summed E-state index contributed by atoms with van der Waals surface area (Å²) in [7, 11) is 0. The fraction of sp³-hybridized carbons (Fsp3) is 0.333. The van der Waals surface area contributed by atoms with Gasteiger partial charge in [0.05, 0.1) is 6.04 Å². The predicted octanol–water partition coefficient (Wildman–Crippen LogP) is 3.39. The van der Waals surface area contributed by atoms with Crippen LogP contribution < -0.4 is 11.5 Å². The Bertz CT molecular complexity index is 526. The van der Waals surface area contributed by atoms with Crippen LogP contribution in [0.25, 0.3) is 0 Å². The molecule has 0 aromatic heterocycles. The summed E-state index contributed by atoms with van der Waals surface area (Å²) in [6.07, 6.45) is 1.11. The third-order valence-electron chi connectivity index (χ3n) is 3.56. The number of nitrogens with two attached hydrogens (primary N) is 2. The number of hydrogen-bond acceptors (Lipinski definition) is 2. The van der Waals surface area contributed by atoms with Crippen molar-refractivity contribution in [2.75, 3.05) is 0 Å². The molecule has 2 heteroatoms. The van der Waals surface area contributed by atoms with E-state index in [9.17, 15) is 0 Å². The van der Waals surface area contributed by atoms with Crippen molar-refractivity contribution < 1.29 is 0 Å². The molecule has 0 spiro atoms. The van der Waals surface area contributed by atoms with Gasteiger partial charge in [0.1, 0.15) is 0 Å². The Morgan fingerprint density at radius 1 is 0.800 bits per heavy atom. The molecule has 0 saturated carbocycles. The van der Waals surface area contributed by atoms with Crippen LogP contribution in [-0.4, -0.2) is 0 Å². The smallest absolute Gasteiger partial charge is 0.0551 e. The molecule has 0 saturated heterocycles. The first-order valence-electron chi connectivity index (χ1n) is 7.23. The molecule has 1 atom stereocenters. The quantitative estimate of drug-likeness (QED) is 0.873. The third-order valence-corrected chi connectivity index (χ3v) is 3.56. The maximum atomic E-state index is 6.33. The number of benzene rings is 2. The van der Waals surface area contributed by atoms with E-state index in [0.717, 1.165) is 23.1 Å². The van der Waals surface area contributed by atoms with Gasteiger partial charge in [0.25, 0.3) is 0 Å². The summed E-state index contributed by atoms with van der Waals surface area (Å²) in [4.78, 5) is 0. The molecule has 0 heterocycles. The van der Waals surface area contributed by atoms with Gasteiger partial charge >= 0.3 is 0 Å². The van der Waals surface area contributed by atoms with E-state index in [-0.39, 0.29) is 6.04 Å². The predicted molar refractivity (Wildman–Crippen MR) is 85.3 cm³/mol.